The van der Waals surface area contributed by atoms with E-state index in [0.29, 0.717) is 18.5 Å². The summed E-state index contributed by atoms with van der Waals surface area (Å²) in [6.45, 7) is 6.96. The van der Waals surface area contributed by atoms with Gasteiger partial charge in [-0.2, -0.15) is 0 Å². The maximum atomic E-state index is 12.1. The second kappa shape index (κ2) is 7.10. The van der Waals surface area contributed by atoms with Crippen LogP contribution >= 0.6 is 0 Å². The van der Waals surface area contributed by atoms with Crippen molar-refractivity contribution in [1.29, 1.82) is 0 Å². The summed E-state index contributed by atoms with van der Waals surface area (Å²) < 4.78 is 0. The number of hydrogen-bond acceptors (Lipinski definition) is 3. The Morgan fingerprint density at radius 1 is 1.22 bits per heavy atom. The Kier molecular flexibility index (Phi) is 5.45. The molecule has 0 aromatic rings. The highest BCUT2D eigenvalue weighted by molar-refractivity contribution is 5.78. The van der Waals surface area contributed by atoms with Gasteiger partial charge in [-0.3, -0.25) is 9.69 Å². The maximum Gasteiger partial charge on any atom is 0.234 e. The summed E-state index contributed by atoms with van der Waals surface area (Å²) in [5.74, 6) is 0.865. The van der Waals surface area contributed by atoms with Crippen LogP contribution in [0.2, 0.25) is 0 Å². The zero-order valence-corrected chi connectivity index (χ0v) is 11.6. The molecule has 1 aliphatic heterocycles. The van der Waals surface area contributed by atoms with Gasteiger partial charge in [0.1, 0.15) is 0 Å². The molecule has 18 heavy (non-hydrogen) atoms. The third kappa shape index (κ3) is 4.25. The number of amides is 1. The predicted octanol–water partition coefficient (Wildman–Crippen LogP) is 0.977. The van der Waals surface area contributed by atoms with Crippen LogP contribution in [-0.2, 0) is 4.79 Å². The van der Waals surface area contributed by atoms with Gasteiger partial charge in [-0.1, -0.05) is 19.8 Å². The van der Waals surface area contributed by atoms with Crippen molar-refractivity contribution in [3.8, 4) is 0 Å². The molecule has 2 N–H and O–H groups in total. The Morgan fingerprint density at radius 2 is 2.06 bits per heavy atom. The van der Waals surface area contributed by atoms with E-state index in [-0.39, 0.29) is 5.91 Å². The number of rotatable bonds is 3. The van der Waals surface area contributed by atoms with Crippen LogP contribution in [0.25, 0.3) is 0 Å². The largest absolute Gasteiger partial charge is 0.352 e. The van der Waals surface area contributed by atoms with Gasteiger partial charge in [-0.25, -0.2) is 0 Å². The van der Waals surface area contributed by atoms with E-state index in [2.05, 4.69) is 22.5 Å². The molecule has 0 aromatic carbocycles. The smallest absolute Gasteiger partial charge is 0.234 e. The van der Waals surface area contributed by atoms with Gasteiger partial charge in [0.25, 0.3) is 0 Å². The van der Waals surface area contributed by atoms with Crippen molar-refractivity contribution in [2.75, 3.05) is 32.7 Å². The molecule has 1 saturated carbocycles. The minimum Gasteiger partial charge on any atom is -0.352 e. The molecular weight excluding hydrogens is 226 g/mol. The molecule has 2 aliphatic rings. The highest BCUT2D eigenvalue weighted by Crippen LogP contribution is 2.23. The molecule has 0 radical (unpaired) electrons. The normalized spacial score (nSPS) is 30.7. The average molecular weight is 253 g/mol. The van der Waals surface area contributed by atoms with Crippen LogP contribution in [0.4, 0.5) is 0 Å². The van der Waals surface area contributed by atoms with E-state index < -0.39 is 0 Å². The third-order valence-corrected chi connectivity index (χ3v) is 4.26. The molecule has 1 aliphatic carbocycles. The van der Waals surface area contributed by atoms with Crippen LogP contribution in [-0.4, -0.2) is 49.6 Å². The lowest BCUT2D eigenvalue weighted by atomic mass is 9.86. The lowest BCUT2D eigenvalue weighted by Gasteiger charge is -2.30. The summed E-state index contributed by atoms with van der Waals surface area (Å²) in [5, 5.41) is 6.60. The number of carbonyl (C=O) groups is 1. The van der Waals surface area contributed by atoms with E-state index >= 15 is 0 Å². The maximum absolute atomic E-state index is 12.1. The fourth-order valence-corrected chi connectivity index (χ4v) is 3.05. The number of nitrogens with one attached hydrogen (secondary N) is 2. The Labute approximate surface area is 110 Å². The van der Waals surface area contributed by atoms with Crippen molar-refractivity contribution in [1.82, 2.24) is 15.5 Å². The van der Waals surface area contributed by atoms with Crippen molar-refractivity contribution < 1.29 is 4.79 Å². The fraction of sp³-hybridized carbons (Fsp3) is 0.929. The van der Waals surface area contributed by atoms with E-state index in [1.165, 1.54) is 19.3 Å². The Balaban J connectivity index is 1.73. The van der Waals surface area contributed by atoms with Crippen molar-refractivity contribution >= 4 is 5.91 Å². The van der Waals surface area contributed by atoms with E-state index in [1.54, 1.807) is 0 Å². The highest BCUT2D eigenvalue weighted by Gasteiger charge is 2.23. The molecule has 104 valence electrons. The fourth-order valence-electron chi connectivity index (χ4n) is 3.05. The van der Waals surface area contributed by atoms with Crippen molar-refractivity contribution in [2.24, 2.45) is 5.92 Å². The molecule has 2 rings (SSSR count). The topological polar surface area (TPSA) is 44.4 Å². The first-order valence-corrected chi connectivity index (χ1v) is 7.48. The predicted molar refractivity (Wildman–Crippen MR) is 73.5 cm³/mol. The summed E-state index contributed by atoms with van der Waals surface area (Å²) in [5.41, 5.74) is 0. The standard InChI is InChI=1S/C14H27N3O/c1-12-5-2-3-6-13(12)16-14(18)11-17-9-4-7-15-8-10-17/h12-13,15H,2-11H2,1H3,(H,16,18). The Morgan fingerprint density at radius 3 is 2.89 bits per heavy atom. The van der Waals surface area contributed by atoms with Crippen LogP contribution < -0.4 is 10.6 Å². The lowest BCUT2D eigenvalue weighted by Crippen LogP contribution is -2.46. The molecule has 2 unspecified atom stereocenters. The summed E-state index contributed by atoms with van der Waals surface area (Å²) in [7, 11) is 0. The van der Waals surface area contributed by atoms with Crippen molar-refractivity contribution in [3.05, 3.63) is 0 Å². The van der Waals surface area contributed by atoms with Gasteiger partial charge in [-0.15, -0.1) is 0 Å². The first-order valence-electron chi connectivity index (χ1n) is 7.48. The average Bonchev–Trinajstić information content (AvgIpc) is 2.61. The highest BCUT2D eigenvalue weighted by atomic mass is 16.2. The van der Waals surface area contributed by atoms with Crippen molar-refractivity contribution in [3.63, 3.8) is 0 Å². The Bertz CT molecular complexity index is 262. The van der Waals surface area contributed by atoms with Gasteiger partial charge < -0.3 is 10.6 Å². The second-order valence-corrected chi connectivity index (χ2v) is 5.82. The van der Waals surface area contributed by atoms with E-state index in [1.807, 2.05) is 0 Å². The molecule has 1 heterocycles. The van der Waals surface area contributed by atoms with Crippen LogP contribution in [0.5, 0.6) is 0 Å². The molecule has 4 nitrogen and oxygen atoms in total. The Hall–Kier alpha value is -0.610. The van der Waals surface area contributed by atoms with Crippen LogP contribution in [0.1, 0.15) is 39.0 Å². The lowest BCUT2D eigenvalue weighted by molar-refractivity contribution is -0.123. The van der Waals surface area contributed by atoms with Crippen LogP contribution in [0, 0.1) is 5.92 Å². The first kappa shape index (κ1) is 13.8. The molecule has 0 aromatic heterocycles. The van der Waals surface area contributed by atoms with Gasteiger partial charge in [0.2, 0.25) is 5.91 Å². The first-order chi connectivity index (χ1) is 8.75. The van der Waals surface area contributed by atoms with Gasteiger partial charge in [0, 0.05) is 19.1 Å². The zero-order chi connectivity index (χ0) is 12.8. The van der Waals surface area contributed by atoms with Crippen molar-refractivity contribution in [2.45, 2.75) is 45.1 Å². The SMILES string of the molecule is CC1CCCCC1NC(=O)CN1CCCNCC1. The van der Waals surface area contributed by atoms with Crippen LogP contribution in [0.3, 0.4) is 0 Å². The quantitative estimate of drug-likeness (QED) is 0.788. The van der Waals surface area contributed by atoms with Crippen LogP contribution in [0.15, 0.2) is 0 Å². The minimum absolute atomic E-state index is 0.218. The molecule has 0 spiro atoms. The monoisotopic (exact) mass is 253 g/mol. The van der Waals surface area contributed by atoms with Gasteiger partial charge in [0.15, 0.2) is 0 Å². The van der Waals surface area contributed by atoms with E-state index in [0.717, 1.165) is 39.0 Å². The zero-order valence-electron chi connectivity index (χ0n) is 11.6. The molecular formula is C14H27N3O. The summed E-state index contributed by atoms with van der Waals surface area (Å²) in [6, 6.07) is 0.413. The van der Waals surface area contributed by atoms with Gasteiger partial charge in [-0.05, 0) is 38.3 Å². The summed E-state index contributed by atoms with van der Waals surface area (Å²) in [4.78, 5) is 14.3. The molecule has 4 heteroatoms. The summed E-state index contributed by atoms with van der Waals surface area (Å²) >= 11 is 0. The van der Waals surface area contributed by atoms with Gasteiger partial charge >= 0.3 is 0 Å². The molecule has 1 saturated heterocycles. The number of nitrogens with zero attached hydrogens (tertiary/aromatic N) is 1. The second-order valence-electron chi connectivity index (χ2n) is 5.82. The van der Waals surface area contributed by atoms with E-state index in [4.69, 9.17) is 0 Å². The molecule has 1 amide bonds. The number of hydrogen-bond donors (Lipinski definition) is 2. The van der Waals surface area contributed by atoms with E-state index in [9.17, 15) is 4.79 Å². The molecule has 2 fully saturated rings. The number of carbonyl (C=O) groups excluding carboxylic acids is 1. The molecule has 2 atom stereocenters. The van der Waals surface area contributed by atoms with Gasteiger partial charge in [0.05, 0.1) is 6.54 Å². The third-order valence-electron chi connectivity index (χ3n) is 4.26. The minimum atomic E-state index is 0.218. The molecule has 0 bridgehead atoms. The summed E-state index contributed by atoms with van der Waals surface area (Å²) in [6.07, 6.45) is 6.16.